The van der Waals surface area contributed by atoms with Gasteiger partial charge in [-0.05, 0) is 26.7 Å². The number of rotatable bonds is 5. The topological polar surface area (TPSA) is 54.4 Å². The molecule has 154 valence electrons. The summed E-state index contributed by atoms with van der Waals surface area (Å²) in [5.74, 6) is 1.90. The molecule has 2 aromatic heterocycles. The van der Waals surface area contributed by atoms with Gasteiger partial charge >= 0.3 is 0 Å². The van der Waals surface area contributed by atoms with Crippen LogP contribution in [-0.4, -0.2) is 52.5 Å². The van der Waals surface area contributed by atoms with Crippen LogP contribution in [0.4, 0.5) is 5.13 Å². The van der Waals surface area contributed by atoms with Crippen molar-refractivity contribution in [3.05, 3.63) is 28.8 Å². The minimum atomic E-state index is -0.00108. The Bertz CT molecular complexity index is 806. The first kappa shape index (κ1) is 21.0. The highest BCUT2D eigenvalue weighted by Crippen LogP contribution is 2.29. The van der Waals surface area contributed by atoms with Gasteiger partial charge in [-0.25, -0.2) is 4.98 Å². The highest BCUT2D eigenvalue weighted by molar-refractivity contribution is 7.09. The van der Waals surface area contributed by atoms with Crippen LogP contribution < -0.4 is 9.64 Å². The lowest BCUT2D eigenvalue weighted by atomic mass is 9.96. The molecule has 1 saturated heterocycles. The average Bonchev–Trinajstić information content (AvgIpc) is 3.15. The van der Waals surface area contributed by atoms with Crippen LogP contribution in [0.3, 0.4) is 0 Å². The predicted molar refractivity (Wildman–Crippen MR) is 116 cm³/mol. The molecule has 3 rings (SSSR count). The van der Waals surface area contributed by atoms with Gasteiger partial charge in [0.05, 0.1) is 12.8 Å². The van der Waals surface area contributed by atoms with Gasteiger partial charge in [0.25, 0.3) is 0 Å². The number of nitrogens with zero attached hydrogens (tertiary/aromatic N) is 5. The molecule has 0 amide bonds. The molecule has 1 aliphatic rings. The summed E-state index contributed by atoms with van der Waals surface area (Å²) in [5, 5.41) is 1.03. The van der Waals surface area contributed by atoms with Gasteiger partial charge in [-0.3, -0.25) is 9.88 Å². The standard InChI is InChI=1S/C21H33N5OS/c1-14-12-22-17(15(2)18(14)27-7)13-26-10-8-16(9-11-26)25(6)20-23-19(24-28-20)21(3,4)5/h12,16H,8-11,13H2,1-7H3. The van der Waals surface area contributed by atoms with Crippen LogP contribution in [-0.2, 0) is 12.0 Å². The second-order valence-electron chi connectivity index (χ2n) is 8.81. The summed E-state index contributed by atoms with van der Waals surface area (Å²) in [4.78, 5) is 14.3. The van der Waals surface area contributed by atoms with E-state index in [0.29, 0.717) is 6.04 Å². The molecule has 0 unspecified atom stereocenters. The van der Waals surface area contributed by atoms with Crippen LogP contribution in [0.2, 0.25) is 0 Å². The normalized spacial score (nSPS) is 16.4. The number of hydrogen-bond acceptors (Lipinski definition) is 7. The van der Waals surface area contributed by atoms with Crippen molar-refractivity contribution in [3.63, 3.8) is 0 Å². The largest absolute Gasteiger partial charge is 0.496 e. The van der Waals surface area contributed by atoms with E-state index in [9.17, 15) is 0 Å². The van der Waals surface area contributed by atoms with E-state index in [0.717, 1.165) is 66.0 Å². The highest BCUT2D eigenvalue weighted by Gasteiger charge is 2.27. The number of methoxy groups -OCH3 is 1. The zero-order valence-electron chi connectivity index (χ0n) is 18.2. The molecule has 0 radical (unpaired) electrons. The Morgan fingerprint density at radius 2 is 1.93 bits per heavy atom. The lowest BCUT2D eigenvalue weighted by Crippen LogP contribution is -2.43. The van der Waals surface area contributed by atoms with Crippen molar-refractivity contribution >= 4 is 16.7 Å². The molecule has 6 nitrogen and oxygen atoms in total. The highest BCUT2D eigenvalue weighted by atomic mass is 32.1. The molecule has 0 spiro atoms. The Morgan fingerprint density at radius 3 is 2.50 bits per heavy atom. The molecule has 7 heteroatoms. The van der Waals surface area contributed by atoms with Crippen LogP contribution in [0.1, 0.15) is 56.3 Å². The molecule has 0 aliphatic carbocycles. The van der Waals surface area contributed by atoms with Crippen molar-refractivity contribution in [1.82, 2.24) is 19.2 Å². The predicted octanol–water partition coefficient (Wildman–Crippen LogP) is 3.96. The van der Waals surface area contributed by atoms with Crippen molar-refractivity contribution in [3.8, 4) is 5.75 Å². The minimum Gasteiger partial charge on any atom is -0.496 e. The van der Waals surface area contributed by atoms with Gasteiger partial charge in [0.15, 0.2) is 0 Å². The Kier molecular flexibility index (Phi) is 6.25. The number of ether oxygens (including phenoxy) is 1. The summed E-state index contributed by atoms with van der Waals surface area (Å²) in [6.07, 6.45) is 4.18. The molecule has 0 N–H and O–H groups in total. The zero-order valence-corrected chi connectivity index (χ0v) is 19.1. The molecule has 0 bridgehead atoms. The molecule has 2 aromatic rings. The lowest BCUT2D eigenvalue weighted by molar-refractivity contribution is 0.200. The Labute approximate surface area is 173 Å². The molecule has 0 saturated carbocycles. The first-order chi connectivity index (χ1) is 13.2. The van der Waals surface area contributed by atoms with Crippen LogP contribution in [0.25, 0.3) is 0 Å². The summed E-state index contributed by atoms with van der Waals surface area (Å²) in [6.45, 7) is 13.6. The van der Waals surface area contributed by atoms with Crippen molar-refractivity contribution in [2.45, 2.75) is 65.5 Å². The van der Waals surface area contributed by atoms with Crippen LogP contribution in [0.15, 0.2) is 6.20 Å². The third-order valence-corrected chi connectivity index (χ3v) is 6.42. The third-order valence-electron chi connectivity index (χ3n) is 5.62. The van der Waals surface area contributed by atoms with Crippen molar-refractivity contribution in [1.29, 1.82) is 0 Å². The van der Waals surface area contributed by atoms with E-state index in [-0.39, 0.29) is 5.41 Å². The van der Waals surface area contributed by atoms with Crippen LogP contribution >= 0.6 is 11.5 Å². The number of piperidine rings is 1. The van der Waals surface area contributed by atoms with Crippen LogP contribution in [0.5, 0.6) is 5.75 Å². The van der Waals surface area contributed by atoms with Crippen molar-refractivity contribution in [2.75, 3.05) is 32.1 Å². The first-order valence-electron chi connectivity index (χ1n) is 9.99. The summed E-state index contributed by atoms with van der Waals surface area (Å²) >= 11 is 1.52. The molecule has 1 fully saturated rings. The fourth-order valence-electron chi connectivity index (χ4n) is 3.73. The van der Waals surface area contributed by atoms with Gasteiger partial charge in [-0.15, -0.1) is 0 Å². The molecule has 3 heterocycles. The van der Waals surface area contributed by atoms with Gasteiger partial charge in [0, 0.05) is 67.0 Å². The summed E-state index contributed by atoms with van der Waals surface area (Å²) in [5.41, 5.74) is 3.37. The Balaban J connectivity index is 1.60. The summed E-state index contributed by atoms with van der Waals surface area (Å²) in [6, 6.07) is 0.513. The number of aryl methyl sites for hydroxylation is 1. The second kappa shape index (κ2) is 8.33. The number of hydrogen-bond donors (Lipinski definition) is 0. The Hall–Kier alpha value is -1.73. The summed E-state index contributed by atoms with van der Waals surface area (Å²) < 4.78 is 10.1. The van der Waals surface area contributed by atoms with E-state index >= 15 is 0 Å². The van der Waals surface area contributed by atoms with Gasteiger partial charge in [-0.2, -0.15) is 4.37 Å². The quantitative estimate of drug-likeness (QED) is 0.753. The van der Waals surface area contributed by atoms with E-state index in [1.807, 2.05) is 13.1 Å². The third kappa shape index (κ3) is 4.46. The number of anilines is 1. The fourth-order valence-corrected chi connectivity index (χ4v) is 4.61. The van der Waals surface area contributed by atoms with Crippen molar-refractivity contribution in [2.24, 2.45) is 0 Å². The number of aromatic nitrogens is 3. The molecular weight excluding hydrogens is 370 g/mol. The van der Waals surface area contributed by atoms with E-state index in [1.54, 1.807) is 7.11 Å². The lowest BCUT2D eigenvalue weighted by Gasteiger charge is -2.36. The van der Waals surface area contributed by atoms with Crippen LogP contribution in [0, 0.1) is 13.8 Å². The van der Waals surface area contributed by atoms with Gasteiger partial charge < -0.3 is 9.64 Å². The summed E-state index contributed by atoms with van der Waals surface area (Å²) in [7, 11) is 3.89. The smallest absolute Gasteiger partial charge is 0.205 e. The first-order valence-corrected chi connectivity index (χ1v) is 10.8. The maximum atomic E-state index is 5.55. The number of likely N-dealkylation sites (tertiary alicyclic amines) is 1. The SMILES string of the molecule is COc1c(C)cnc(CN2CCC(N(C)c3nc(C(C)(C)C)ns3)CC2)c1C. The molecule has 0 atom stereocenters. The van der Waals surface area contributed by atoms with E-state index in [1.165, 1.54) is 11.5 Å². The number of pyridine rings is 1. The molecule has 1 aliphatic heterocycles. The minimum absolute atomic E-state index is 0.00108. The molecule has 0 aromatic carbocycles. The Morgan fingerprint density at radius 1 is 1.25 bits per heavy atom. The van der Waals surface area contributed by atoms with Gasteiger partial charge in [-0.1, -0.05) is 20.8 Å². The van der Waals surface area contributed by atoms with Gasteiger partial charge in [0.2, 0.25) is 5.13 Å². The zero-order chi connectivity index (χ0) is 20.5. The monoisotopic (exact) mass is 403 g/mol. The molecule has 28 heavy (non-hydrogen) atoms. The van der Waals surface area contributed by atoms with Crippen molar-refractivity contribution < 1.29 is 4.74 Å². The fraction of sp³-hybridized carbons (Fsp3) is 0.667. The van der Waals surface area contributed by atoms with E-state index in [4.69, 9.17) is 9.72 Å². The maximum absolute atomic E-state index is 5.55. The average molecular weight is 404 g/mol. The van der Waals surface area contributed by atoms with E-state index in [2.05, 4.69) is 53.9 Å². The van der Waals surface area contributed by atoms with E-state index < -0.39 is 0 Å². The second-order valence-corrected chi connectivity index (χ2v) is 9.55. The maximum Gasteiger partial charge on any atom is 0.205 e. The van der Waals surface area contributed by atoms with Gasteiger partial charge in [0.1, 0.15) is 11.6 Å². The molecular formula is C21H33N5OS.